The highest BCUT2D eigenvalue weighted by molar-refractivity contribution is 5.11. The molecular weight excluding hydrogens is 1290 g/mol. The molecule has 608 valence electrons. The molecule has 23 aliphatic rings. The number of hydrogen-bond acceptors (Lipinski definition) is 8. The lowest BCUT2D eigenvalue weighted by Crippen LogP contribution is -2.51. The zero-order valence-electron chi connectivity index (χ0n) is 71.5. The first kappa shape index (κ1) is 84.1. The van der Waals surface area contributed by atoms with Crippen LogP contribution in [-0.2, 0) is 37.9 Å². The van der Waals surface area contributed by atoms with E-state index >= 15 is 0 Å². The average molecular weight is 1470 g/mol. The molecule has 11 atom stereocenters. The third-order valence-corrected chi connectivity index (χ3v) is 34.5. The maximum Gasteiger partial charge on any atom is 0.0690 e. The van der Waals surface area contributed by atoms with Crippen LogP contribution in [0, 0.1) is 152 Å². The normalized spacial score (nSPS) is 45.7. The van der Waals surface area contributed by atoms with E-state index in [2.05, 4.69) is 96.9 Å². The van der Waals surface area contributed by atoms with Crippen molar-refractivity contribution < 1.29 is 37.9 Å². The predicted molar refractivity (Wildman–Crippen MR) is 435 cm³/mol. The van der Waals surface area contributed by atoms with Crippen LogP contribution in [-0.4, -0.2) is 102 Å². The molecule has 0 radical (unpaired) electrons. The SMILES string of the molecule is CCOC12CC3CC(CC(C3)C1)C2.CCOC1C2CC3CC(C2)CC1C3.CCOC1CC(C)CCC1C(C)C.CCOC1CC2CCC1(C)C2(C)C.CCOC1CC2CCC1C2.CCOC1CCCC(C2CCCCC2)C1.CCOCC12CC3CC(CC(C3)C1)C2.CCOCC1C2CC3CC(C2)CC1C3. The van der Waals surface area contributed by atoms with E-state index < -0.39 is 0 Å². The molecule has 8 nitrogen and oxygen atoms in total. The minimum atomic E-state index is 0.351. The third kappa shape index (κ3) is 21.2. The van der Waals surface area contributed by atoms with Crippen LogP contribution in [0.25, 0.3) is 0 Å². The van der Waals surface area contributed by atoms with Crippen molar-refractivity contribution in [3.05, 3.63) is 0 Å². The topological polar surface area (TPSA) is 73.8 Å². The van der Waals surface area contributed by atoms with Crippen LogP contribution in [0.4, 0.5) is 0 Å². The molecule has 105 heavy (non-hydrogen) atoms. The smallest absolute Gasteiger partial charge is 0.0690 e. The van der Waals surface area contributed by atoms with Crippen LogP contribution in [0.15, 0.2) is 0 Å². The Hall–Kier alpha value is -0.320. The van der Waals surface area contributed by atoms with Gasteiger partial charge in [-0.3, -0.25) is 0 Å². The lowest BCUT2D eigenvalue weighted by Gasteiger charge is -2.56. The van der Waals surface area contributed by atoms with Gasteiger partial charge in [0.25, 0.3) is 0 Å². The van der Waals surface area contributed by atoms with Crippen molar-refractivity contribution in [2.75, 3.05) is 66.1 Å². The van der Waals surface area contributed by atoms with Gasteiger partial charge in [0.15, 0.2) is 0 Å². The van der Waals surface area contributed by atoms with E-state index in [4.69, 9.17) is 37.9 Å². The fourth-order valence-electron chi connectivity index (χ4n) is 30.5. The maximum atomic E-state index is 6.04. The minimum absolute atomic E-state index is 0.351. The van der Waals surface area contributed by atoms with Gasteiger partial charge in [-0.15, -0.1) is 0 Å². The number of fused-ring (bicyclic) bond motifs is 4. The first-order valence-electron chi connectivity index (χ1n) is 47.7. The molecule has 23 rings (SSSR count). The highest BCUT2D eigenvalue weighted by Gasteiger charge is 2.62. The molecule has 23 aliphatic carbocycles. The molecule has 0 spiro atoms. The second-order valence-corrected chi connectivity index (χ2v) is 42.1. The van der Waals surface area contributed by atoms with Gasteiger partial charge in [-0.1, -0.05) is 86.5 Å². The summed E-state index contributed by atoms with van der Waals surface area (Å²) in [5.41, 5.74) is 1.94. The second-order valence-electron chi connectivity index (χ2n) is 42.1. The first-order valence-corrected chi connectivity index (χ1v) is 47.7. The highest BCUT2D eigenvalue weighted by atomic mass is 16.5. The van der Waals surface area contributed by atoms with Crippen molar-refractivity contribution in [1.82, 2.24) is 0 Å². The van der Waals surface area contributed by atoms with Crippen molar-refractivity contribution in [1.29, 1.82) is 0 Å². The van der Waals surface area contributed by atoms with Gasteiger partial charge in [-0.25, -0.2) is 0 Å². The molecule has 0 aromatic carbocycles. The number of rotatable bonds is 20. The quantitative estimate of drug-likeness (QED) is 0.119. The largest absolute Gasteiger partial charge is 0.381 e. The zero-order chi connectivity index (χ0) is 73.9. The van der Waals surface area contributed by atoms with Crippen molar-refractivity contribution in [2.45, 2.75) is 396 Å². The highest BCUT2D eigenvalue weighted by Crippen LogP contribution is 2.67. The summed E-state index contributed by atoms with van der Waals surface area (Å²) in [6, 6.07) is 0. The summed E-state index contributed by atoms with van der Waals surface area (Å²) in [5.74, 6) is 22.9. The fourth-order valence-corrected chi connectivity index (χ4v) is 30.5. The standard InChI is InChI=1S/C14H26O.2C13H22O.2C12H20O.C12H22O.C12H24O.C9H16O/c1-2-15-14-10-6-9-13(11-14)12-7-4-3-5-8-12;1-2-14-9-13-6-10-3-11(7-13)5-12(4-10)8-13;1-2-14-8-13-11-4-9-3-10(6-11)7-12(13)5-9;1-2-13-12-6-9-3-10(7-12)5-11(4-9)8-12;1-2-13-12-10-4-8-3-9(6-10)7-11(12)5-8;1-5-13-10-8-9-6-7-12(10,4)11(9,2)3;1-5-13-12-8-10(4)6-7-11(12)9(2)3;1-2-10-9-6-7-3-4-8(9)5-7/h12-14H,2-11H2,1H3;10-12H,2-9H2,1H3;9-13H,2-8H2,1H3;9-11H,2-8H2,1H3;8-12H,2-7H2,1H3;9-10H,5-8H2,1-4H3;9-12H,5-8H2,1-4H3;7-9H,2-6H2,1H3. The van der Waals surface area contributed by atoms with Crippen LogP contribution >= 0.6 is 0 Å². The van der Waals surface area contributed by atoms with Gasteiger partial charge in [0.1, 0.15) is 0 Å². The monoisotopic (exact) mass is 1470 g/mol. The molecule has 23 saturated carbocycles. The summed E-state index contributed by atoms with van der Waals surface area (Å²) in [6.45, 7) is 40.6. The summed E-state index contributed by atoms with van der Waals surface area (Å²) < 4.78 is 46.5. The lowest BCUT2D eigenvalue weighted by molar-refractivity contribution is -0.159. The maximum absolute atomic E-state index is 6.04. The molecular formula is C97H172O8. The fraction of sp³-hybridized carbons (Fsp3) is 1.00. The zero-order valence-corrected chi connectivity index (χ0v) is 71.5. The van der Waals surface area contributed by atoms with E-state index in [9.17, 15) is 0 Å². The molecule has 0 amide bonds. The Bertz CT molecular complexity index is 2350. The van der Waals surface area contributed by atoms with Crippen molar-refractivity contribution >= 4 is 0 Å². The van der Waals surface area contributed by atoms with Crippen LogP contribution in [0.5, 0.6) is 0 Å². The average Bonchev–Trinajstić information content (AvgIpc) is 1.61. The van der Waals surface area contributed by atoms with Gasteiger partial charge in [-0.2, -0.15) is 0 Å². The van der Waals surface area contributed by atoms with Crippen molar-refractivity contribution in [3.63, 3.8) is 0 Å². The summed E-state index contributed by atoms with van der Waals surface area (Å²) in [6.07, 6.45) is 62.8. The molecule has 0 aliphatic heterocycles. The Kier molecular flexibility index (Phi) is 31.5. The molecule has 0 saturated heterocycles. The Morgan fingerprint density at radius 1 is 0.352 bits per heavy atom. The van der Waals surface area contributed by atoms with Gasteiger partial charge in [0.2, 0.25) is 0 Å². The van der Waals surface area contributed by atoms with Crippen LogP contribution in [0.2, 0.25) is 0 Å². The Morgan fingerprint density at radius 2 is 0.857 bits per heavy atom. The predicted octanol–water partition coefficient (Wildman–Crippen LogP) is 25.3. The third-order valence-electron chi connectivity index (χ3n) is 34.5. The molecule has 8 heteroatoms. The van der Waals surface area contributed by atoms with E-state index in [-0.39, 0.29) is 0 Å². The molecule has 0 aromatic rings. The summed E-state index contributed by atoms with van der Waals surface area (Å²) in [7, 11) is 0. The van der Waals surface area contributed by atoms with E-state index in [1.807, 2.05) is 0 Å². The van der Waals surface area contributed by atoms with Gasteiger partial charge in [-0.05, 0) is 426 Å². The van der Waals surface area contributed by atoms with E-state index in [0.29, 0.717) is 52.4 Å². The van der Waals surface area contributed by atoms with E-state index in [0.717, 1.165) is 202 Å². The molecule has 11 unspecified atom stereocenters. The van der Waals surface area contributed by atoms with Gasteiger partial charge in [0.05, 0.1) is 42.7 Å². The van der Waals surface area contributed by atoms with Crippen molar-refractivity contribution in [2.24, 2.45) is 152 Å². The Morgan fingerprint density at radius 3 is 1.32 bits per heavy atom. The number of hydrogen-bond donors (Lipinski definition) is 0. The minimum Gasteiger partial charge on any atom is -0.381 e. The van der Waals surface area contributed by atoms with Crippen LogP contribution in [0.3, 0.4) is 0 Å². The summed E-state index contributed by atoms with van der Waals surface area (Å²) in [5, 5.41) is 0. The molecule has 23 fully saturated rings. The Balaban J connectivity index is 0.000000113. The lowest BCUT2D eigenvalue weighted by atomic mass is 9.50. The molecule has 0 heterocycles. The van der Waals surface area contributed by atoms with Gasteiger partial charge < -0.3 is 37.9 Å². The summed E-state index contributed by atoms with van der Waals surface area (Å²) in [4.78, 5) is 0. The van der Waals surface area contributed by atoms with Crippen LogP contribution in [0.1, 0.15) is 360 Å². The van der Waals surface area contributed by atoms with Gasteiger partial charge in [0, 0.05) is 59.5 Å². The van der Waals surface area contributed by atoms with E-state index in [1.54, 1.807) is 32.1 Å². The molecule has 0 aromatic heterocycles. The number of ether oxygens (including phenoxy) is 8. The summed E-state index contributed by atoms with van der Waals surface area (Å²) >= 11 is 0. The van der Waals surface area contributed by atoms with Gasteiger partial charge >= 0.3 is 0 Å². The van der Waals surface area contributed by atoms with E-state index in [1.165, 1.54) is 231 Å². The van der Waals surface area contributed by atoms with Crippen LogP contribution < -0.4 is 0 Å². The second kappa shape index (κ2) is 39.3. The Labute approximate surface area is 649 Å². The van der Waals surface area contributed by atoms with Crippen molar-refractivity contribution in [3.8, 4) is 0 Å². The first-order chi connectivity index (χ1) is 50.8. The molecule has 20 bridgehead atoms. The molecule has 0 N–H and O–H groups in total.